The predicted molar refractivity (Wildman–Crippen MR) is 293 cm³/mol. The molecule has 0 fully saturated rings. The Hall–Kier alpha value is -9.65. The first-order valence-corrected chi connectivity index (χ1v) is 24.0. The highest BCUT2D eigenvalue weighted by atomic mass is 16.3. The van der Waals surface area contributed by atoms with E-state index in [1.165, 1.54) is 26.9 Å². The van der Waals surface area contributed by atoms with Gasteiger partial charge in [-0.15, -0.1) is 0 Å². The first-order valence-electron chi connectivity index (χ1n) is 24.0. The van der Waals surface area contributed by atoms with Gasteiger partial charge in [-0.05, 0) is 106 Å². The quantitative estimate of drug-likeness (QED) is 0.167. The van der Waals surface area contributed by atoms with Crippen LogP contribution in [0.15, 0.2) is 241 Å². The van der Waals surface area contributed by atoms with E-state index < -0.39 is 0 Å². The van der Waals surface area contributed by atoms with Crippen LogP contribution in [0.2, 0.25) is 0 Å². The topological polar surface area (TPSA) is 61.7 Å². The molecule has 71 heavy (non-hydrogen) atoms. The summed E-state index contributed by atoms with van der Waals surface area (Å²) in [6.07, 6.45) is 0. The fourth-order valence-corrected chi connectivity index (χ4v) is 11.1. The van der Waals surface area contributed by atoms with Crippen LogP contribution in [0.3, 0.4) is 0 Å². The minimum Gasteiger partial charge on any atom is -0.456 e. The number of para-hydroxylation sites is 3. The number of rotatable bonds is 6. The van der Waals surface area contributed by atoms with Crippen LogP contribution in [0.25, 0.3) is 144 Å². The number of benzene rings is 11. The fraction of sp³-hybridized carbons (Fsp3) is 0. The molecular formula is C65H39N5O. The third-order valence-electron chi connectivity index (χ3n) is 14.3. The Kier molecular flexibility index (Phi) is 8.56. The van der Waals surface area contributed by atoms with Crippen LogP contribution < -0.4 is 0 Å². The van der Waals surface area contributed by atoms with E-state index in [1.807, 2.05) is 18.2 Å². The third-order valence-corrected chi connectivity index (χ3v) is 14.3. The van der Waals surface area contributed by atoms with Crippen LogP contribution in [-0.4, -0.2) is 24.1 Å². The number of hydrogen-bond donors (Lipinski definition) is 0. The number of fused-ring (bicyclic) bond motifs is 11. The summed E-state index contributed by atoms with van der Waals surface area (Å²) < 4.78 is 11.5. The van der Waals surface area contributed by atoms with Gasteiger partial charge in [0.15, 0.2) is 17.5 Å². The minimum atomic E-state index is 0.578. The van der Waals surface area contributed by atoms with Gasteiger partial charge in [0.05, 0.1) is 27.8 Å². The average Bonchev–Trinajstić information content (AvgIpc) is 4.09. The Morgan fingerprint density at radius 1 is 0.296 bits per heavy atom. The molecule has 0 N–H and O–H groups in total. The number of furan rings is 1. The molecule has 6 nitrogen and oxygen atoms in total. The summed E-state index contributed by atoms with van der Waals surface area (Å²) >= 11 is 0. The van der Waals surface area contributed by atoms with Crippen LogP contribution in [0.4, 0.5) is 0 Å². The lowest BCUT2D eigenvalue weighted by Crippen LogP contribution is -2.02. The Morgan fingerprint density at radius 3 is 1.56 bits per heavy atom. The molecule has 0 amide bonds. The van der Waals surface area contributed by atoms with Crippen molar-refractivity contribution in [1.29, 1.82) is 0 Å². The monoisotopic (exact) mass is 905 g/mol. The van der Waals surface area contributed by atoms with Crippen molar-refractivity contribution in [3.8, 4) is 56.7 Å². The number of hydrogen-bond acceptors (Lipinski definition) is 4. The Morgan fingerprint density at radius 2 is 0.831 bits per heavy atom. The highest BCUT2D eigenvalue weighted by Gasteiger charge is 2.23. The molecule has 4 heterocycles. The van der Waals surface area contributed by atoms with Gasteiger partial charge in [-0.1, -0.05) is 158 Å². The second-order valence-corrected chi connectivity index (χ2v) is 18.4. The van der Waals surface area contributed by atoms with Gasteiger partial charge >= 0.3 is 0 Å². The van der Waals surface area contributed by atoms with E-state index in [0.717, 1.165) is 99.4 Å². The molecule has 0 aliphatic heterocycles. The second-order valence-electron chi connectivity index (χ2n) is 18.4. The van der Waals surface area contributed by atoms with E-state index >= 15 is 0 Å². The molecule has 0 bridgehead atoms. The van der Waals surface area contributed by atoms with E-state index in [2.05, 4.69) is 228 Å². The van der Waals surface area contributed by atoms with Crippen molar-refractivity contribution in [2.24, 2.45) is 0 Å². The van der Waals surface area contributed by atoms with Crippen LogP contribution in [0, 0.1) is 0 Å². The summed E-state index contributed by atoms with van der Waals surface area (Å²) in [4.78, 5) is 15.9. The van der Waals surface area contributed by atoms with Gasteiger partial charge in [-0.25, -0.2) is 15.0 Å². The Labute approximate surface area is 407 Å². The summed E-state index contributed by atoms with van der Waals surface area (Å²) in [6, 6.07) is 84.0. The molecule has 0 saturated heterocycles. The third kappa shape index (κ3) is 6.18. The van der Waals surface area contributed by atoms with Gasteiger partial charge in [0.1, 0.15) is 11.2 Å². The van der Waals surface area contributed by atoms with Crippen molar-refractivity contribution in [2.45, 2.75) is 0 Å². The van der Waals surface area contributed by atoms with Crippen molar-refractivity contribution >= 4 is 87.1 Å². The van der Waals surface area contributed by atoms with E-state index in [1.54, 1.807) is 0 Å². The maximum absolute atomic E-state index is 6.73. The van der Waals surface area contributed by atoms with Gasteiger partial charge in [0.2, 0.25) is 0 Å². The van der Waals surface area contributed by atoms with Crippen LogP contribution >= 0.6 is 0 Å². The Bertz CT molecular complexity index is 4640. The lowest BCUT2D eigenvalue weighted by molar-refractivity contribution is 0.669. The van der Waals surface area contributed by atoms with E-state index in [4.69, 9.17) is 19.4 Å². The van der Waals surface area contributed by atoms with Crippen molar-refractivity contribution in [3.05, 3.63) is 237 Å². The molecule has 0 atom stereocenters. The van der Waals surface area contributed by atoms with Gasteiger partial charge in [0.25, 0.3) is 0 Å². The highest BCUT2D eigenvalue weighted by Crippen LogP contribution is 2.44. The lowest BCUT2D eigenvalue weighted by Gasteiger charge is -2.17. The van der Waals surface area contributed by atoms with Crippen molar-refractivity contribution < 1.29 is 4.42 Å². The summed E-state index contributed by atoms with van der Waals surface area (Å²) in [5.41, 5.74) is 13.0. The molecule has 15 rings (SSSR count). The summed E-state index contributed by atoms with van der Waals surface area (Å²) in [7, 11) is 0. The molecule has 15 aromatic rings. The molecule has 330 valence electrons. The molecular weight excluding hydrogens is 867 g/mol. The molecule has 11 aromatic carbocycles. The summed E-state index contributed by atoms with van der Waals surface area (Å²) in [6.45, 7) is 0. The molecule has 0 saturated carbocycles. The van der Waals surface area contributed by atoms with Gasteiger partial charge < -0.3 is 13.6 Å². The second kappa shape index (κ2) is 15.4. The van der Waals surface area contributed by atoms with Crippen molar-refractivity contribution in [2.75, 3.05) is 0 Å². The van der Waals surface area contributed by atoms with Gasteiger partial charge in [-0.3, -0.25) is 0 Å². The molecule has 0 radical (unpaired) electrons. The minimum absolute atomic E-state index is 0.578. The largest absolute Gasteiger partial charge is 0.456 e. The first-order chi connectivity index (χ1) is 35.2. The molecule has 6 heteroatoms. The average molecular weight is 906 g/mol. The number of nitrogens with zero attached hydrogens (tertiary/aromatic N) is 5. The molecule has 0 aliphatic rings. The zero-order valence-corrected chi connectivity index (χ0v) is 38.2. The maximum Gasteiger partial charge on any atom is 0.164 e. The summed E-state index contributed by atoms with van der Waals surface area (Å²) in [5.74, 6) is 1.77. The van der Waals surface area contributed by atoms with Crippen molar-refractivity contribution in [1.82, 2.24) is 24.1 Å². The first kappa shape index (κ1) is 39.4. The molecule has 0 aliphatic carbocycles. The normalized spacial score (nSPS) is 11.9. The van der Waals surface area contributed by atoms with E-state index in [0.29, 0.717) is 17.5 Å². The van der Waals surface area contributed by atoms with E-state index in [9.17, 15) is 0 Å². The standard InChI is InChI=1S/C65H39N5O/c1-3-16-40(17-4-1)63-66-64(68-65(67-63)46-30-32-50-48-24-11-13-27-55(48)69(58(50)38-46)47-22-5-2-6-23-47)45-31-33-57(70-56-28-14-12-25-49(56)52-34-41-18-7-9-20-43(41)37-59(52)70)53(36-45)51-26-15-29-60-62(51)54-35-42-19-8-10-21-44(42)39-61(54)71-60/h1-39H. The van der Waals surface area contributed by atoms with E-state index in [-0.39, 0.29) is 0 Å². The fourth-order valence-electron chi connectivity index (χ4n) is 11.1. The molecule has 0 unspecified atom stereocenters. The van der Waals surface area contributed by atoms with Crippen LogP contribution in [0.1, 0.15) is 0 Å². The van der Waals surface area contributed by atoms with Gasteiger partial charge in [0, 0.05) is 60.3 Å². The predicted octanol–water partition coefficient (Wildman–Crippen LogP) is 16.9. The van der Waals surface area contributed by atoms with Gasteiger partial charge in [-0.2, -0.15) is 0 Å². The molecule has 4 aromatic heterocycles. The highest BCUT2D eigenvalue weighted by molar-refractivity contribution is 6.18. The maximum atomic E-state index is 6.73. The SMILES string of the molecule is c1ccc(-c2nc(-c3ccc(-n4c5ccccc5c5cc6ccccc6cc54)c(-c4cccc5oc6cc7ccccc7cc6c45)c3)nc(-c3ccc4c5ccccc5n(-c5ccccc5)c4c3)n2)cc1. The molecule has 0 spiro atoms. The van der Waals surface area contributed by atoms with Crippen LogP contribution in [0.5, 0.6) is 0 Å². The lowest BCUT2D eigenvalue weighted by atomic mass is 9.95. The Balaban J connectivity index is 1.01. The zero-order chi connectivity index (χ0) is 46.6. The smallest absolute Gasteiger partial charge is 0.164 e. The number of aromatic nitrogens is 5. The van der Waals surface area contributed by atoms with Crippen molar-refractivity contribution in [3.63, 3.8) is 0 Å². The zero-order valence-electron chi connectivity index (χ0n) is 38.2. The summed E-state index contributed by atoms with van der Waals surface area (Å²) in [5, 5.41) is 11.6. The van der Waals surface area contributed by atoms with Crippen LogP contribution in [-0.2, 0) is 0 Å².